The third kappa shape index (κ3) is 3.35. The molecule has 116 valence electrons. The highest BCUT2D eigenvalue weighted by Gasteiger charge is 2.36. The van der Waals surface area contributed by atoms with Gasteiger partial charge in [-0.1, -0.05) is 6.92 Å². The van der Waals surface area contributed by atoms with Gasteiger partial charge >= 0.3 is 0 Å². The molecule has 0 spiro atoms. The molecule has 1 aromatic heterocycles. The van der Waals surface area contributed by atoms with E-state index >= 15 is 0 Å². The molecule has 1 aromatic rings. The quantitative estimate of drug-likeness (QED) is 0.837. The van der Waals surface area contributed by atoms with E-state index in [0.29, 0.717) is 19.1 Å². The minimum Gasteiger partial charge on any atom is -0.376 e. The van der Waals surface area contributed by atoms with Crippen LogP contribution in [-0.2, 0) is 22.5 Å². The highest BCUT2D eigenvalue weighted by molar-refractivity contribution is 5.47. The average molecular weight is 291 g/mol. The Labute approximate surface area is 126 Å². The summed E-state index contributed by atoms with van der Waals surface area (Å²) in [5.41, 5.74) is 2.26. The van der Waals surface area contributed by atoms with Gasteiger partial charge in [0.2, 0.25) is 0 Å². The number of hydrogen-bond donors (Lipinski definition) is 1. The largest absolute Gasteiger partial charge is 0.376 e. The van der Waals surface area contributed by atoms with E-state index in [1.165, 1.54) is 12.8 Å². The number of rotatable bonds is 7. The maximum absolute atomic E-state index is 5.92. The van der Waals surface area contributed by atoms with E-state index in [4.69, 9.17) is 19.4 Å². The number of fused-ring (bicyclic) bond motifs is 1. The SMILES string of the molecule is CCCNc1nc(C(OCC)C2CC2)nc2c1COCC2. The lowest BCUT2D eigenvalue weighted by molar-refractivity contribution is 0.0393. The third-order valence-electron chi connectivity index (χ3n) is 4.03. The molecule has 0 aromatic carbocycles. The molecule has 1 atom stereocenters. The van der Waals surface area contributed by atoms with Gasteiger partial charge in [0.05, 0.1) is 18.9 Å². The lowest BCUT2D eigenvalue weighted by Gasteiger charge is -2.23. The van der Waals surface area contributed by atoms with Gasteiger partial charge in [-0.15, -0.1) is 0 Å². The van der Waals surface area contributed by atoms with Crippen LogP contribution in [0.4, 0.5) is 5.82 Å². The van der Waals surface area contributed by atoms with Crippen LogP contribution in [0.25, 0.3) is 0 Å². The van der Waals surface area contributed by atoms with Crippen LogP contribution < -0.4 is 5.32 Å². The molecular formula is C16H25N3O2. The average Bonchev–Trinajstić information content (AvgIpc) is 3.34. The predicted molar refractivity (Wildman–Crippen MR) is 81.3 cm³/mol. The van der Waals surface area contributed by atoms with Crippen LogP contribution in [0.15, 0.2) is 0 Å². The van der Waals surface area contributed by atoms with Gasteiger partial charge in [0.15, 0.2) is 5.82 Å². The summed E-state index contributed by atoms with van der Waals surface area (Å²) in [4.78, 5) is 9.58. The van der Waals surface area contributed by atoms with Gasteiger partial charge in [0.25, 0.3) is 0 Å². The Bertz CT molecular complexity index is 489. The summed E-state index contributed by atoms with van der Waals surface area (Å²) in [6.45, 7) is 7.20. The molecule has 2 heterocycles. The second-order valence-corrected chi connectivity index (χ2v) is 5.80. The molecule has 0 bridgehead atoms. The molecular weight excluding hydrogens is 266 g/mol. The molecule has 1 fully saturated rings. The topological polar surface area (TPSA) is 56.3 Å². The normalized spacial score (nSPS) is 19.1. The summed E-state index contributed by atoms with van der Waals surface area (Å²) in [7, 11) is 0. The molecule has 1 N–H and O–H groups in total. The first-order valence-electron chi connectivity index (χ1n) is 8.16. The van der Waals surface area contributed by atoms with Crippen molar-refractivity contribution >= 4 is 5.82 Å². The molecule has 0 amide bonds. The minimum absolute atomic E-state index is 0.0605. The second kappa shape index (κ2) is 6.71. The van der Waals surface area contributed by atoms with Gasteiger partial charge in [-0.05, 0) is 32.1 Å². The van der Waals surface area contributed by atoms with Gasteiger partial charge in [0, 0.05) is 25.1 Å². The molecule has 3 rings (SSSR count). The smallest absolute Gasteiger partial charge is 0.160 e. The number of nitrogens with zero attached hydrogens (tertiary/aromatic N) is 2. The second-order valence-electron chi connectivity index (χ2n) is 5.80. The van der Waals surface area contributed by atoms with Crippen LogP contribution in [-0.4, -0.2) is 29.7 Å². The molecule has 1 aliphatic heterocycles. The van der Waals surface area contributed by atoms with E-state index in [0.717, 1.165) is 48.9 Å². The predicted octanol–water partition coefficient (Wildman–Crippen LogP) is 2.86. The maximum Gasteiger partial charge on any atom is 0.160 e. The fraction of sp³-hybridized carbons (Fsp3) is 0.750. The number of ether oxygens (including phenoxy) is 2. The summed E-state index contributed by atoms with van der Waals surface area (Å²) in [6.07, 6.45) is 4.46. The first-order valence-corrected chi connectivity index (χ1v) is 8.16. The third-order valence-corrected chi connectivity index (χ3v) is 4.03. The lowest BCUT2D eigenvalue weighted by atomic mass is 10.1. The number of hydrogen-bond acceptors (Lipinski definition) is 5. The van der Waals surface area contributed by atoms with E-state index in [9.17, 15) is 0 Å². The zero-order chi connectivity index (χ0) is 14.7. The molecule has 1 unspecified atom stereocenters. The van der Waals surface area contributed by atoms with Crippen molar-refractivity contribution in [1.29, 1.82) is 0 Å². The van der Waals surface area contributed by atoms with Crippen molar-refractivity contribution in [2.75, 3.05) is 25.1 Å². The van der Waals surface area contributed by atoms with Crippen LogP contribution >= 0.6 is 0 Å². The van der Waals surface area contributed by atoms with Crippen LogP contribution in [0.1, 0.15) is 56.3 Å². The zero-order valence-electron chi connectivity index (χ0n) is 13.0. The van der Waals surface area contributed by atoms with Crippen LogP contribution in [0.5, 0.6) is 0 Å². The van der Waals surface area contributed by atoms with Crippen molar-refractivity contribution in [1.82, 2.24) is 9.97 Å². The Balaban J connectivity index is 1.92. The van der Waals surface area contributed by atoms with Crippen molar-refractivity contribution in [3.05, 3.63) is 17.1 Å². The molecule has 21 heavy (non-hydrogen) atoms. The Morgan fingerprint density at radius 1 is 1.33 bits per heavy atom. The molecule has 0 saturated heterocycles. The summed E-state index contributed by atoms with van der Waals surface area (Å²) in [6, 6.07) is 0. The first kappa shape index (κ1) is 14.7. The van der Waals surface area contributed by atoms with Crippen LogP contribution in [0.2, 0.25) is 0 Å². The van der Waals surface area contributed by atoms with Crippen molar-refractivity contribution in [3.8, 4) is 0 Å². The Kier molecular flexibility index (Phi) is 4.70. The number of anilines is 1. The highest BCUT2D eigenvalue weighted by atomic mass is 16.5. The van der Waals surface area contributed by atoms with E-state index in [-0.39, 0.29) is 6.10 Å². The minimum atomic E-state index is 0.0605. The van der Waals surface area contributed by atoms with Gasteiger partial charge in [-0.2, -0.15) is 0 Å². The highest BCUT2D eigenvalue weighted by Crippen LogP contribution is 2.42. The van der Waals surface area contributed by atoms with E-state index in [1.54, 1.807) is 0 Å². The standard InChI is InChI=1S/C16H25N3O2/c1-3-8-17-15-12-10-20-9-7-13(12)18-16(19-15)14(21-4-2)11-5-6-11/h11,14H,3-10H2,1-2H3,(H,17,18,19). The molecule has 1 aliphatic carbocycles. The molecule has 2 aliphatic rings. The lowest BCUT2D eigenvalue weighted by Crippen LogP contribution is -2.21. The maximum atomic E-state index is 5.92. The van der Waals surface area contributed by atoms with Gasteiger partial charge in [-0.25, -0.2) is 9.97 Å². The summed E-state index contributed by atoms with van der Waals surface area (Å²) >= 11 is 0. The number of nitrogens with one attached hydrogen (secondary N) is 1. The molecule has 5 nitrogen and oxygen atoms in total. The van der Waals surface area contributed by atoms with Gasteiger partial charge in [0.1, 0.15) is 11.9 Å². The van der Waals surface area contributed by atoms with Gasteiger partial charge in [-0.3, -0.25) is 0 Å². The van der Waals surface area contributed by atoms with Crippen molar-refractivity contribution in [2.45, 2.75) is 52.2 Å². The number of aromatic nitrogens is 2. The van der Waals surface area contributed by atoms with Crippen molar-refractivity contribution in [3.63, 3.8) is 0 Å². The van der Waals surface area contributed by atoms with Gasteiger partial charge < -0.3 is 14.8 Å². The summed E-state index contributed by atoms with van der Waals surface area (Å²) in [5, 5.41) is 3.43. The van der Waals surface area contributed by atoms with Crippen molar-refractivity contribution < 1.29 is 9.47 Å². The fourth-order valence-corrected chi connectivity index (χ4v) is 2.77. The fourth-order valence-electron chi connectivity index (χ4n) is 2.77. The molecule has 5 heteroatoms. The van der Waals surface area contributed by atoms with Crippen LogP contribution in [0, 0.1) is 5.92 Å². The van der Waals surface area contributed by atoms with Crippen molar-refractivity contribution in [2.24, 2.45) is 5.92 Å². The van der Waals surface area contributed by atoms with Crippen LogP contribution in [0.3, 0.4) is 0 Å². The molecule has 0 radical (unpaired) electrons. The monoisotopic (exact) mass is 291 g/mol. The summed E-state index contributed by atoms with van der Waals surface area (Å²) < 4.78 is 11.5. The van der Waals surface area contributed by atoms with E-state index < -0.39 is 0 Å². The Morgan fingerprint density at radius 3 is 2.90 bits per heavy atom. The Hall–Kier alpha value is -1.20. The van der Waals surface area contributed by atoms with E-state index in [1.807, 2.05) is 6.92 Å². The Morgan fingerprint density at radius 2 is 2.19 bits per heavy atom. The zero-order valence-corrected chi connectivity index (χ0v) is 13.0. The van der Waals surface area contributed by atoms with E-state index in [2.05, 4.69) is 12.2 Å². The summed E-state index contributed by atoms with van der Waals surface area (Å²) in [5.74, 6) is 2.40. The molecule has 1 saturated carbocycles. The first-order chi connectivity index (χ1) is 10.3.